The molecule has 2 aliphatic rings. The summed E-state index contributed by atoms with van der Waals surface area (Å²) in [6.07, 6.45) is 2.89. The van der Waals surface area contributed by atoms with Crippen LogP contribution in [0.5, 0.6) is 0 Å². The van der Waals surface area contributed by atoms with Gasteiger partial charge in [0.25, 0.3) is 0 Å². The Labute approximate surface area is 88.8 Å². The van der Waals surface area contributed by atoms with Gasteiger partial charge in [-0.1, -0.05) is 6.92 Å². The zero-order valence-electron chi connectivity index (χ0n) is 7.67. The lowest BCUT2D eigenvalue weighted by Crippen LogP contribution is -2.51. The number of nitrogens with zero attached hydrogens (tertiary/aromatic N) is 2. The van der Waals surface area contributed by atoms with Crippen LogP contribution in [0.15, 0.2) is 0 Å². The van der Waals surface area contributed by atoms with E-state index in [0.717, 1.165) is 12.0 Å². The molecule has 2 rings (SSSR count). The minimum absolute atomic E-state index is 0.935. The molecule has 0 spiro atoms. The highest BCUT2D eigenvalue weighted by atomic mass is 127. The lowest BCUT2D eigenvalue weighted by molar-refractivity contribution is 0.0635. The molecule has 1 aliphatic carbocycles. The molecule has 1 heterocycles. The van der Waals surface area contributed by atoms with Gasteiger partial charge in [-0.05, 0) is 18.8 Å². The minimum atomic E-state index is 0.935. The lowest BCUT2D eigenvalue weighted by atomic mass is 9.80. The van der Waals surface area contributed by atoms with E-state index in [1.165, 1.54) is 39.0 Å². The van der Waals surface area contributed by atoms with Gasteiger partial charge in [-0.15, -0.1) is 0 Å². The van der Waals surface area contributed by atoms with Crippen LogP contribution in [0.3, 0.4) is 0 Å². The van der Waals surface area contributed by atoms with Crippen molar-refractivity contribution in [2.75, 3.05) is 26.2 Å². The van der Waals surface area contributed by atoms with Gasteiger partial charge < -0.3 is 0 Å². The third-order valence-electron chi connectivity index (χ3n) is 3.12. The minimum Gasteiger partial charge on any atom is -0.298 e. The molecule has 0 atom stereocenters. The molecular weight excluding hydrogens is 263 g/mol. The lowest BCUT2D eigenvalue weighted by Gasteiger charge is -2.44. The predicted molar refractivity (Wildman–Crippen MR) is 59.4 cm³/mol. The summed E-state index contributed by atoms with van der Waals surface area (Å²) in [4.78, 5) is 2.68. The zero-order valence-corrected chi connectivity index (χ0v) is 9.83. The van der Waals surface area contributed by atoms with E-state index in [0.29, 0.717) is 0 Å². The summed E-state index contributed by atoms with van der Waals surface area (Å²) in [5, 5.41) is 0. The van der Waals surface area contributed by atoms with E-state index in [-0.39, 0.29) is 0 Å². The normalized spacial score (nSPS) is 39.5. The Kier molecular flexibility index (Phi) is 2.92. The number of hydrogen-bond donors (Lipinski definition) is 0. The molecule has 0 aromatic carbocycles. The summed E-state index contributed by atoms with van der Waals surface area (Å²) in [6, 6.07) is 0.935. The summed E-state index contributed by atoms with van der Waals surface area (Å²) in [6.45, 7) is 7.46. The molecule has 3 heteroatoms. The van der Waals surface area contributed by atoms with Crippen LogP contribution in [0.25, 0.3) is 0 Å². The molecule has 2 nitrogen and oxygen atoms in total. The molecule has 1 saturated carbocycles. The third-order valence-corrected chi connectivity index (χ3v) is 4.09. The van der Waals surface area contributed by atoms with Crippen LogP contribution in [0, 0.1) is 5.92 Å². The Morgan fingerprint density at radius 3 is 2.17 bits per heavy atom. The van der Waals surface area contributed by atoms with E-state index >= 15 is 0 Å². The van der Waals surface area contributed by atoms with Crippen LogP contribution >= 0.6 is 22.9 Å². The number of piperazine rings is 1. The molecular formula is C9H17IN2. The van der Waals surface area contributed by atoms with Crippen molar-refractivity contribution in [3.05, 3.63) is 0 Å². The number of halogens is 1. The van der Waals surface area contributed by atoms with Gasteiger partial charge in [0.2, 0.25) is 0 Å². The van der Waals surface area contributed by atoms with Crippen molar-refractivity contribution >= 4 is 22.9 Å². The van der Waals surface area contributed by atoms with Gasteiger partial charge in [-0.2, -0.15) is 0 Å². The van der Waals surface area contributed by atoms with Crippen LogP contribution in [-0.4, -0.2) is 40.2 Å². The van der Waals surface area contributed by atoms with Gasteiger partial charge in [0.1, 0.15) is 0 Å². The summed E-state index contributed by atoms with van der Waals surface area (Å²) in [7, 11) is 0. The molecule has 0 amide bonds. The Morgan fingerprint density at radius 1 is 1.08 bits per heavy atom. The molecule has 0 unspecified atom stereocenters. The fourth-order valence-electron chi connectivity index (χ4n) is 2.22. The molecule has 0 bridgehead atoms. The third kappa shape index (κ3) is 1.93. The second-order valence-electron chi connectivity index (χ2n) is 4.18. The van der Waals surface area contributed by atoms with Crippen molar-refractivity contribution in [3.8, 4) is 0 Å². The molecule has 12 heavy (non-hydrogen) atoms. The molecule has 0 aromatic rings. The fraction of sp³-hybridized carbons (Fsp3) is 1.00. The fourth-order valence-corrected chi connectivity index (χ4v) is 2.65. The molecule has 0 radical (unpaired) electrons. The maximum Gasteiger partial charge on any atom is 0.0209 e. The van der Waals surface area contributed by atoms with Crippen LogP contribution in [-0.2, 0) is 0 Å². The van der Waals surface area contributed by atoms with Gasteiger partial charge in [-0.25, -0.2) is 3.11 Å². The van der Waals surface area contributed by atoms with Gasteiger partial charge in [0.05, 0.1) is 0 Å². The standard InChI is InChI=1S/C9H17IN2/c1-8-6-9(7-8)11-2-4-12(10)5-3-11/h8-9H,2-7H2,1H3. The highest BCUT2D eigenvalue weighted by Crippen LogP contribution is 2.31. The summed E-state index contributed by atoms with van der Waals surface area (Å²) < 4.78 is 2.40. The van der Waals surface area contributed by atoms with Crippen molar-refractivity contribution in [1.82, 2.24) is 8.01 Å². The van der Waals surface area contributed by atoms with Gasteiger partial charge in [0, 0.05) is 55.1 Å². The summed E-state index contributed by atoms with van der Waals surface area (Å²) >= 11 is 2.43. The first-order chi connectivity index (χ1) is 5.75. The Morgan fingerprint density at radius 2 is 1.67 bits per heavy atom. The number of rotatable bonds is 1. The Bertz CT molecular complexity index is 149. The van der Waals surface area contributed by atoms with Crippen molar-refractivity contribution in [3.63, 3.8) is 0 Å². The largest absolute Gasteiger partial charge is 0.298 e. The van der Waals surface area contributed by atoms with Gasteiger partial charge in [0.15, 0.2) is 0 Å². The Hall–Kier alpha value is 0.650. The quantitative estimate of drug-likeness (QED) is 0.533. The first-order valence-corrected chi connectivity index (χ1v) is 5.87. The first kappa shape index (κ1) is 9.21. The van der Waals surface area contributed by atoms with Gasteiger partial charge in [-0.3, -0.25) is 4.90 Å². The predicted octanol–water partition coefficient (Wildman–Crippen LogP) is 1.75. The molecule has 1 saturated heterocycles. The van der Waals surface area contributed by atoms with Gasteiger partial charge >= 0.3 is 0 Å². The summed E-state index contributed by atoms with van der Waals surface area (Å²) in [5.74, 6) is 0.993. The monoisotopic (exact) mass is 280 g/mol. The summed E-state index contributed by atoms with van der Waals surface area (Å²) in [5.41, 5.74) is 0. The first-order valence-electron chi connectivity index (χ1n) is 4.90. The van der Waals surface area contributed by atoms with Crippen LogP contribution in [0.4, 0.5) is 0 Å². The zero-order chi connectivity index (χ0) is 8.55. The second kappa shape index (κ2) is 3.80. The maximum absolute atomic E-state index is 2.68. The average Bonchev–Trinajstić information content (AvgIpc) is 2.01. The van der Waals surface area contributed by atoms with E-state index in [1.54, 1.807) is 0 Å². The molecule has 0 aromatic heterocycles. The second-order valence-corrected chi connectivity index (χ2v) is 5.54. The van der Waals surface area contributed by atoms with Crippen LogP contribution in [0.1, 0.15) is 19.8 Å². The molecule has 1 aliphatic heterocycles. The average molecular weight is 280 g/mol. The van der Waals surface area contributed by atoms with E-state index in [1.807, 2.05) is 0 Å². The van der Waals surface area contributed by atoms with Crippen LogP contribution < -0.4 is 0 Å². The van der Waals surface area contributed by atoms with Crippen molar-refractivity contribution < 1.29 is 0 Å². The molecule has 70 valence electrons. The van der Waals surface area contributed by atoms with E-state index in [4.69, 9.17) is 0 Å². The van der Waals surface area contributed by atoms with E-state index in [9.17, 15) is 0 Å². The molecule has 0 N–H and O–H groups in total. The highest BCUT2D eigenvalue weighted by Gasteiger charge is 2.31. The topological polar surface area (TPSA) is 6.48 Å². The SMILES string of the molecule is CC1CC(N2CCN(I)CC2)C1. The number of hydrogen-bond acceptors (Lipinski definition) is 2. The van der Waals surface area contributed by atoms with E-state index < -0.39 is 0 Å². The maximum atomic E-state index is 2.68. The smallest absolute Gasteiger partial charge is 0.0209 e. The van der Waals surface area contributed by atoms with Crippen molar-refractivity contribution in [2.24, 2.45) is 5.92 Å². The van der Waals surface area contributed by atoms with Crippen molar-refractivity contribution in [2.45, 2.75) is 25.8 Å². The van der Waals surface area contributed by atoms with Crippen LogP contribution in [0.2, 0.25) is 0 Å². The molecule has 2 fully saturated rings. The Balaban J connectivity index is 1.75. The van der Waals surface area contributed by atoms with Crippen molar-refractivity contribution in [1.29, 1.82) is 0 Å². The van der Waals surface area contributed by atoms with E-state index in [2.05, 4.69) is 37.8 Å². The highest BCUT2D eigenvalue weighted by molar-refractivity contribution is 14.1.